The maximum atomic E-state index is 14.9. The molecule has 2 aliphatic heterocycles. The van der Waals surface area contributed by atoms with Gasteiger partial charge in [-0.25, -0.2) is 9.07 Å². The van der Waals surface area contributed by atoms with Gasteiger partial charge in [0.05, 0.1) is 12.6 Å². The normalized spacial score (nSPS) is 20.8. The first-order chi connectivity index (χ1) is 15.3. The van der Waals surface area contributed by atoms with Gasteiger partial charge >= 0.3 is 0 Å². The van der Waals surface area contributed by atoms with Gasteiger partial charge in [0.2, 0.25) is 0 Å². The summed E-state index contributed by atoms with van der Waals surface area (Å²) >= 11 is 0. The number of tetrazole rings is 1. The molecule has 8 heteroatoms. The summed E-state index contributed by atoms with van der Waals surface area (Å²) in [6.07, 6.45) is 2.16. The number of anilines is 1. The Morgan fingerprint density at radius 1 is 1.00 bits per heavy atom. The van der Waals surface area contributed by atoms with Crippen molar-refractivity contribution in [3.05, 3.63) is 71.8 Å². The molecule has 3 aromatic rings. The Labute approximate surface area is 181 Å². The zero-order chi connectivity index (χ0) is 21.0. The van der Waals surface area contributed by atoms with Crippen molar-refractivity contribution in [2.75, 3.05) is 37.7 Å². The summed E-state index contributed by atoms with van der Waals surface area (Å²) in [6, 6.07) is 17.0. The van der Waals surface area contributed by atoms with Crippen LogP contribution in [0.2, 0.25) is 0 Å². The number of piperazine rings is 1. The first kappa shape index (κ1) is 20.1. The van der Waals surface area contributed by atoms with E-state index in [9.17, 15) is 4.39 Å². The Kier molecular flexibility index (Phi) is 5.90. The lowest BCUT2D eigenvalue weighted by molar-refractivity contribution is 0.0906. The first-order valence-corrected chi connectivity index (χ1v) is 11.0. The Morgan fingerprint density at radius 3 is 2.52 bits per heavy atom. The summed E-state index contributed by atoms with van der Waals surface area (Å²) in [6.45, 7) is 4.68. The van der Waals surface area contributed by atoms with E-state index in [-0.39, 0.29) is 18.0 Å². The number of ether oxygens (including phenoxy) is 1. The Balaban J connectivity index is 1.42. The van der Waals surface area contributed by atoms with Gasteiger partial charge in [0, 0.05) is 44.0 Å². The van der Waals surface area contributed by atoms with E-state index in [2.05, 4.69) is 49.6 Å². The second kappa shape index (κ2) is 9.11. The van der Waals surface area contributed by atoms with Crippen molar-refractivity contribution in [3.63, 3.8) is 0 Å². The highest BCUT2D eigenvalue weighted by molar-refractivity contribution is 5.46. The van der Waals surface area contributed by atoms with Gasteiger partial charge in [-0.2, -0.15) is 0 Å². The van der Waals surface area contributed by atoms with Gasteiger partial charge in [0.25, 0.3) is 0 Å². The smallest absolute Gasteiger partial charge is 0.173 e. The van der Waals surface area contributed by atoms with Crippen LogP contribution in [0.3, 0.4) is 0 Å². The lowest BCUT2D eigenvalue weighted by Crippen LogP contribution is -2.48. The highest BCUT2D eigenvalue weighted by atomic mass is 19.1. The lowest BCUT2D eigenvalue weighted by Gasteiger charge is -2.40. The number of benzene rings is 2. The second-order valence-corrected chi connectivity index (χ2v) is 8.14. The van der Waals surface area contributed by atoms with Gasteiger partial charge in [-0.15, -0.1) is 5.10 Å². The largest absolute Gasteiger partial charge is 0.376 e. The van der Waals surface area contributed by atoms with Gasteiger partial charge in [-0.05, 0) is 41.5 Å². The summed E-state index contributed by atoms with van der Waals surface area (Å²) in [5.74, 6) is 0.443. The molecule has 0 amide bonds. The molecule has 0 unspecified atom stereocenters. The van der Waals surface area contributed by atoms with Crippen LogP contribution in [0.4, 0.5) is 10.1 Å². The minimum absolute atomic E-state index is 0.110. The summed E-state index contributed by atoms with van der Waals surface area (Å²) < 4.78 is 22.5. The number of para-hydroxylation sites is 1. The molecule has 2 saturated heterocycles. The van der Waals surface area contributed by atoms with Crippen molar-refractivity contribution in [1.82, 2.24) is 25.1 Å². The van der Waals surface area contributed by atoms with Crippen molar-refractivity contribution in [3.8, 4) is 0 Å². The van der Waals surface area contributed by atoms with E-state index < -0.39 is 0 Å². The van der Waals surface area contributed by atoms with Crippen molar-refractivity contribution >= 4 is 5.69 Å². The predicted molar refractivity (Wildman–Crippen MR) is 115 cm³/mol. The SMILES string of the molecule is Fc1ccccc1[C@@H](c1nnnn1C[C@@H]1CCCO1)N1CCN(c2ccccc2)CC1. The lowest BCUT2D eigenvalue weighted by atomic mass is 10.0. The van der Waals surface area contributed by atoms with Crippen LogP contribution in [0.1, 0.15) is 30.3 Å². The zero-order valence-corrected chi connectivity index (χ0v) is 17.5. The molecule has 31 heavy (non-hydrogen) atoms. The van der Waals surface area contributed by atoms with Gasteiger partial charge < -0.3 is 9.64 Å². The van der Waals surface area contributed by atoms with Crippen molar-refractivity contribution in [1.29, 1.82) is 0 Å². The molecule has 2 fully saturated rings. The number of halogens is 1. The fraction of sp³-hybridized carbons (Fsp3) is 0.435. The van der Waals surface area contributed by atoms with E-state index in [1.165, 1.54) is 11.8 Å². The minimum atomic E-state index is -0.337. The third kappa shape index (κ3) is 4.31. The molecule has 0 spiro atoms. The summed E-state index contributed by atoms with van der Waals surface area (Å²) in [7, 11) is 0. The molecule has 162 valence electrons. The third-order valence-electron chi connectivity index (χ3n) is 6.21. The molecule has 0 bridgehead atoms. The monoisotopic (exact) mass is 422 g/mol. The molecule has 0 radical (unpaired) electrons. The van der Waals surface area contributed by atoms with Gasteiger partial charge in [0.1, 0.15) is 11.9 Å². The van der Waals surface area contributed by atoms with Crippen LogP contribution in [-0.4, -0.2) is 64.0 Å². The molecule has 2 aromatic carbocycles. The fourth-order valence-electron chi connectivity index (χ4n) is 4.59. The fourth-order valence-corrected chi connectivity index (χ4v) is 4.59. The molecule has 1 aromatic heterocycles. The first-order valence-electron chi connectivity index (χ1n) is 11.0. The van der Waals surface area contributed by atoms with Crippen LogP contribution in [-0.2, 0) is 11.3 Å². The molecule has 5 rings (SSSR count). The van der Waals surface area contributed by atoms with Gasteiger partial charge in [-0.3, -0.25) is 4.90 Å². The maximum Gasteiger partial charge on any atom is 0.173 e. The van der Waals surface area contributed by atoms with E-state index in [0.717, 1.165) is 45.6 Å². The maximum absolute atomic E-state index is 14.9. The van der Waals surface area contributed by atoms with E-state index in [4.69, 9.17) is 4.74 Å². The summed E-state index contributed by atoms with van der Waals surface area (Å²) in [4.78, 5) is 4.65. The average Bonchev–Trinajstić information content (AvgIpc) is 3.49. The van der Waals surface area contributed by atoms with Crippen molar-refractivity contribution in [2.24, 2.45) is 0 Å². The molecule has 0 N–H and O–H groups in total. The van der Waals surface area contributed by atoms with Crippen LogP contribution in [0.15, 0.2) is 54.6 Å². The number of hydrogen-bond acceptors (Lipinski definition) is 6. The summed E-state index contributed by atoms with van der Waals surface area (Å²) in [5, 5.41) is 12.5. The van der Waals surface area contributed by atoms with Crippen molar-refractivity contribution in [2.45, 2.75) is 31.5 Å². The predicted octanol–water partition coefficient (Wildman–Crippen LogP) is 2.90. The Bertz CT molecular complexity index is 982. The molecule has 2 aliphatic rings. The Hall–Kier alpha value is -2.84. The molecular formula is C23H27FN6O. The standard InChI is InChI=1S/C23H27FN6O/c24-21-11-5-4-10-20(21)22(23-25-26-27-30(23)17-19-9-6-16-31-19)29-14-12-28(13-15-29)18-7-2-1-3-8-18/h1-5,7-8,10-11,19,22H,6,9,12-17H2/t19-,22-/m0/s1. The molecule has 3 heterocycles. The van der Waals surface area contributed by atoms with Crippen LogP contribution >= 0.6 is 0 Å². The average molecular weight is 423 g/mol. The molecular weight excluding hydrogens is 395 g/mol. The highest BCUT2D eigenvalue weighted by Crippen LogP contribution is 2.31. The Morgan fingerprint density at radius 2 is 1.77 bits per heavy atom. The third-order valence-corrected chi connectivity index (χ3v) is 6.21. The highest BCUT2D eigenvalue weighted by Gasteiger charge is 2.33. The van der Waals surface area contributed by atoms with Gasteiger partial charge in [-0.1, -0.05) is 36.4 Å². The zero-order valence-electron chi connectivity index (χ0n) is 17.5. The number of nitrogens with zero attached hydrogens (tertiary/aromatic N) is 6. The van der Waals surface area contributed by atoms with Gasteiger partial charge in [0.15, 0.2) is 5.82 Å². The van der Waals surface area contributed by atoms with Crippen LogP contribution < -0.4 is 4.90 Å². The molecule has 7 nitrogen and oxygen atoms in total. The number of rotatable bonds is 6. The van der Waals surface area contributed by atoms with Crippen LogP contribution in [0.5, 0.6) is 0 Å². The molecule has 0 saturated carbocycles. The summed E-state index contributed by atoms with van der Waals surface area (Å²) in [5.41, 5.74) is 1.83. The van der Waals surface area contributed by atoms with E-state index in [1.54, 1.807) is 10.7 Å². The molecule has 2 atom stereocenters. The van der Waals surface area contributed by atoms with E-state index in [1.807, 2.05) is 18.2 Å². The quantitative estimate of drug-likeness (QED) is 0.609. The molecule has 0 aliphatic carbocycles. The van der Waals surface area contributed by atoms with Crippen LogP contribution in [0, 0.1) is 5.82 Å². The minimum Gasteiger partial charge on any atom is -0.376 e. The number of aromatic nitrogens is 4. The van der Waals surface area contributed by atoms with Crippen molar-refractivity contribution < 1.29 is 9.13 Å². The second-order valence-electron chi connectivity index (χ2n) is 8.14. The van der Waals surface area contributed by atoms with E-state index >= 15 is 0 Å². The topological polar surface area (TPSA) is 59.3 Å². The number of hydrogen-bond donors (Lipinski definition) is 0. The van der Waals surface area contributed by atoms with E-state index in [0.29, 0.717) is 17.9 Å². The van der Waals surface area contributed by atoms with Crippen LogP contribution in [0.25, 0.3) is 0 Å².